The molecule has 1 aliphatic carbocycles. The van der Waals surface area contributed by atoms with Gasteiger partial charge in [0.1, 0.15) is 0 Å². The van der Waals surface area contributed by atoms with E-state index in [1.165, 1.54) is 19.3 Å². The molecular weight excluding hydrogens is 180 g/mol. The standard InChI is InChI=1S/C15H30/c1-7-15-9-11(3)10(2)8-12(4)13(5)14(15)6/h10-15H,7-9H2,1-6H3. The van der Waals surface area contributed by atoms with E-state index < -0.39 is 0 Å². The lowest BCUT2D eigenvalue weighted by Gasteiger charge is -2.39. The fourth-order valence-corrected chi connectivity index (χ4v) is 3.44. The van der Waals surface area contributed by atoms with Gasteiger partial charge in [0.2, 0.25) is 0 Å². The second-order valence-corrected chi connectivity index (χ2v) is 6.29. The molecule has 0 heteroatoms. The van der Waals surface area contributed by atoms with Crippen molar-refractivity contribution in [1.29, 1.82) is 0 Å². The lowest BCUT2D eigenvalue weighted by molar-refractivity contribution is 0.106. The molecule has 0 radical (unpaired) electrons. The van der Waals surface area contributed by atoms with Gasteiger partial charge in [-0.2, -0.15) is 0 Å². The summed E-state index contributed by atoms with van der Waals surface area (Å²) in [6.45, 7) is 14.7. The Balaban J connectivity index is 2.77. The largest absolute Gasteiger partial charge is 0.0651 e. The van der Waals surface area contributed by atoms with Crippen LogP contribution in [0.5, 0.6) is 0 Å². The Hall–Kier alpha value is 0. The normalized spacial score (nSPS) is 48.4. The molecule has 0 aromatic rings. The Bertz CT molecular complexity index is 184. The monoisotopic (exact) mass is 210 g/mol. The Morgan fingerprint density at radius 2 is 1.27 bits per heavy atom. The molecule has 0 N–H and O–H groups in total. The van der Waals surface area contributed by atoms with Crippen LogP contribution in [-0.2, 0) is 0 Å². The van der Waals surface area contributed by atoms with Gasteiger partial charge < -0.3 is 0 Å². The summed E-state index contributed by atoms with van der Waals surface area (Å²) in [7, 11) is 0. The van der Waals surface area contributed by atoms with E-state index in [0.29, 0.717) is 0 Å². The predicted molar refractivity (Wildman–Crippen MR) is 68.8 cm³/mol. The highest BCUT2D eigenvalue weighted by Crippen LogP contribution is 2.40. The molecule has 0 aliphatic heterocycles. The maximum atomic E-state index is 2.48. The molecule has 0 amide bonds. The minimum atomic E-state index is 0.907. The van der Waals surface area contributed by atoms with Crippen LogP contribution < -0.4 is 0 Å². The van der Waals surface area contributed by atoms with Gasteiger partial charge in [0, 0.05) is 0 Å². The molecule has 90 valence electrons. The number of hydrogen-bond donors (Lipinski definition) is 0. The van der Waals surface area contributed by atoms with Crippen molar-refractivity contribution < 1.29 is 0 Å². The summed E-state index contributed by atoms with van der Waals surface area (Å²) >= 11 is 0. The van der Waals surface area contributed by atoms with Crippen LogP contribution in [0.1, 0.15) is 60.8 Å². The number of hydrogen-bond acceptors (Lipinski definition) is 0. The minimum absolute atomic E-state index is 0.907. The second kappa shape index (κ2) is 5.37. The fraction of sp³-hybridized carbons (Fsp3) is 1.00. The highest BCUT2D eigenvalue weighted by atomic mass is 14.4. The molecule has 15 heavy (non-hydrogen) atoms. The van der Waals surface area contributed by atoms with Crippen LogP contribution in [0.25, 0.3) is 0 Å². The Morgan fingerprint density at radius 1 is 0.733 bits per heavy atom. The third-order valence-corrected chi connectivity index (χ3v) is 5.38. The first kappa shape index (κ1) is 13.1. The summed E-state index contributed by atoms with van der Waals surface area (Å²) < 4.78 is 0. The van der Waals surface area contributed by atoms with Crippen LogP contribution in [0.15, 0.2) is 0 Å². The van der Waals surface area contributed by atoms with Crippen LogP contribution in [0.3, 0.4) is 0 Å². The fourth-order valence-electron chi connectivity index (χ4n) is 3.44. The Labute approximate surface area is 96.8 Å². The molecule has 1 rings (SSSR count). The van der Waals surface area contributed by atoms with E-state index in [2.05, 4.69) is 41.5 Å². The highest BCUT2D eigenvalue weighted by Gasteiger charge is 2.31. The van der Waals surface area contributed by atoms with Crippen LogP contribution in [0.2, 0.25) is 0 Å². The summed E-state index contributed by atoms with van der Waals surface area (Å²) in [4.78, 5) is 0. The summed E-state index contributed by atoms with van der Waals surface area (Å²) in [5.74, 6) is 5.54. The van der Waals surface area contributed by atoms with Gasteiger partial charge >= 0.3 is 0 Å². The van der Waals surface area contributed by atoms with Gasteiger partial charge in [-0.1, -0.05) is 48.0 Å². The number of rotatable bonds is 1. The first-order chi connectivity index (χ1) is 6.97. The van der Waals surface area contributed by atoms with E-state index in [4.69, 9.17) is 0 Å². The quantitative estimate of drug-likeness (QED) is 0.572. The molecule has 0 spiro atoms. The van der Waals surface area contributed by atoms with Crippen molar-refractivity contribution in [2.24, 2.45) is 35.5 Å². The van der Waals surface area contributed by atoms with Crippen LogP contribution in [-0.4, -0.2) is 0 Å². The molecule has 1 saturated carbocycles. The van der Waals surface area contributed by atoms with Gasteiger partial charge in [0.15, 0.2) is 0 Å². The molecular formula is C15H30. The van der Waals surface area contributed by atoms with E-state index in [0.717, 1.165) is 35.5 Å². The lowest BCUT2D eigenvalue weighted by atomic mass is 9.66. The molecule has 0 aromatic heterocycles. The van der Waals surface area contributed by atoms with Crippen molar-refractivity contribution in [3.05, 3.63) is 0 Å². The van der Waals surface area contributed by atoms with Gasteiger partial charge in [0.05, 0.1) is 0 Å². The summed E-state index contributed by atoms with van der Waals surface area (Å²) in [5, 5.41) is 0. The average Bonchev–Trinajstić information content (AvgIpc) is 2.22. The van der Waals surface area contributed by atoms with Gasteiger partial charge in [0.25, 0.3) is 0 Å². The molecule has 0 bridgehead atoms. The molecule has 1 fully saturated rings. The highest BCUT2D eigenvalue weighted by molar-refractivity contribution is 4.81. The molecule has 6 atom stereocenters. The third kappa shape index (κ3) is 2.98. The van der Waals surface area contributed by atoms with E-state index in [9.17, 15) is 0 Å². The molecule has 0 nitrogen and oxygen atoms in total. The maximum absolute atomic E-state index is 2.48. The molecule has 1 aliphatic rings. The summed E-state index contributed by atoms with van der Waals surface area (Å²) in [6.07, 6.45) is 4.26. The topological polar surface area (TPSA) is 0 Å². The summed E-state index contributed by atoms with van der Waals surface area (Å²) in [5.41, 5.74) is 0. The summed E-state index contributed by atoms with van der Waals surface area (Å²) in [6, 6.07) is 0. The zero-order chi connectivity index (χ0) is 11.6. The molecule has 0 saturated heterocycles. The van der Waals surface area contributed by atoms with Crippen molar-refractivity contribution in [1.82, 2.24) is 0 Å². The predicted octanol–water partition coefficient (Wildman–Crippen LogP) is 4.99. The maximum Gasteiger partial charge on any atom is -0.0386 e. The molecule has 0 aromatic carbocycles. The first-order valence-corrected chi connectivity index (χ1v) is 6.97. The zero-order valence-corrected chi connectivity index (χ0v) is 11.6. The smallest absolute Gasteiger partial charge is 0.0386 e. The van der Waals surface area contributed by atoms with Gasteiger partial charge in [-0.15, -0.1) is 0 Å². The van der Waals surface area contributed by atoms with Gasteiger partial charge in [-0.05, 0) is 48.3 Å². The van der Waals surface area contributed by atoms with Crippen molar-refractivity contribution in [2.75, 3.05) is 0 Å². The van der Waals surface area contributed by atoms with Gasteiger partial charge in [-0.25, -0.2) is 0 Å². The van der Waals surface area contributed by atoms with E-state index in [1.807, 2.05) is 0 Å². The van der Waals surface area contributed by atoms with Gasteiger partial charge in [-0.3, -0.25) is 0 Å². The Kier molecular flexibility index (Phi) is 4.67. The van der Waals surface area contributed by atoms with E-state index in [-0.39, 0.29) is 0 Å². The first-order valence-electron chi connectivity index (χ1n) is 6.97. The van der Waals surface area contributed by atoms with Crippen molar-refractivity contribution in [2.45, 2.75) is 60.8 Å². The Morgan fingerprint density at radius 3 is 1.80 bits per heavy atom. The van der Waals surface area contributed by atoms with Crippen molar-refractivity contribution in [3.8, 4) is 0 Å². The van der Waals surface area contributed by atoms with Crippen molar-refractivity contribution >= 4 is 0 Å². The van der Waals surface area contributed by atoms with E-state index in [1.54, 1.807) is 0 Å². The molecule has 0 heterocycles. The molecule has 6 unspecified atom stereocenters. The second-order valence-electron chi connectivity index (χ2n) is 6.29. The van der Waals surface area contributed by atoms with Crippen LogP contribution >= 0.6 is 0 Å². The minimum Gasteiger partial charge on any atom is -0.0651 e. The van der Waals surface area contributed by atoms with Crippen LogP contribution in [0, 0.1) is 35.5 Å². The van der Waals surface area contributed by atoms with Crippen LogP contribution in [0.4, 0.5) is 0 Å². The third-order valence-electron chi connectivity index (χ3n) is 5.38. The zero-order valence-electron chi connectivity index (χ0n) is 11.6. The average molecular weight is 210 g/mol. The SMILES string of the molecule is CCC1CC(C)C(C)CC(C)C(C)C1C. The van der Waals surface area contributed by atoms with Crippen molar-refractivity contribution in [3.63, 3.8) is 0 Å². The van der Waals surface area contributed by atoms with E-state index >= 15 is 0 Å². The lowest BCUT2D eigenvalue weighted by Crippen LogP contribution is -2.31.